The molecule has 0 saturated carbocycles. The molecule has 0 amide bonds. The number of para-hydroxylation sites is 1. The lowest BCUT2D eigenvalue weighted by atomic mass is 10.00. The zero-order valence-corrected chi connectivity index (χ0v) is 17.6. The van der Waals surface area contributed by atoms with Gasteiger partial charge in [0.1, 0.15) is 11.3 Å². The van der Waals surface area contributed by atoms with Gasteiger partial charge < -0.3 is 14.8 Å². The van der Waals surface area contributed by atoms with Crippen LogP contribution in [0.5, 0.6) is 0 Å². The van der Waals surface area contributed by atoms with E-state index in [2.05, 4.69) is 5.32 Å². The molecule has 5 heteroatoms. The first-order chi connectivity index (χ1) is 14.8. The Hall–Kier alpha value is -3.86. The number of hydrogen-bond donors (Lipinski definition) is 2. The normalized spacial score (nSPS) is 12.0. The van der Waals surface area contributed by atoms with Gasteiger partial charge in [0.15, 0.2) is 5.43 Å². The maximum absolute atomic E-state index is 12.9. The van der Waals surface area contributed by atoms with Crippen molar-refractivity contribution >= 4 is 22.6 Å². The van der Waals surface area contributed by atoms with Gasteiger partial charge in [0.05, 0.1) is 17.0 Å². The Morgan fingerprint density at radius 2 is 1.74 bits per heavy atom. The van der Waals surface area contributed by atoms with Crippen LogP contribution in [0, 0.1) is 13.8 Å². The summed E-state index contributed by atoms with van der Waals surface area (Å²) in [6.07, 6.45) is 0. The molecule has 0 saturated heterocycles. The standard InChI is InChI=1S/C26H23NO4/c1-15-7-6-8-18(11-15)24-14-23(28)21-13-16(2)12-20(25(21)31-24)17(3)27-22-10-5-4-9-19(22)26(29)30/h4-14,17,27H,1-3H3,(H,29,30). The van der Waals surface area contributed by atoms with Crippen LogP contribution >= 0.6 is 0 Å². The minimum atomic E-state index is -1.00. The van der Waals surface area contributed by atoms with Crippen LogP contribution in [0.4, 0.5) is 5.69 Å². The first-order valence-electron chi connectivity index (χ1n) is 10.1. The monoisotopic (exact) mass is 413 g/mol. The van der Waals surface area contributed by atoms with Crippen molar-refractivity contribution in [2.45, 2.75) is 26.8 Å². The quantitative estimate of drug-likeness (QED) is 0.423. The van der Waals surface area contributed by atoms with Crippen LogP contribution in [0.1, 0.15) is 40.0 Å². The molecule has 3 aromatic carbocycles. The largest absolute Gasteiger partial charge is 0.478 e. The predicted octanol–water partition coefficient (Wildman–Crippen LogP) is 5.95. The molecule has 0 bridgehead atoms. The van der Waals surface area contributed by atoms with Crippen molar-refractivity contribution in [3.05, 3.63) is 99.2 Å². The second-order valence-electron chi connectivity index (χ2n) is 7.79. The van der Waals surface area contributed by atoms with E-state index in [1.54, 1.807) is 24.3 Å². The summed E-state index contributed by atoms with van der Waals surface area (Å²) in [5.41, 5.74) is 4.72. The highest BCUT2D eigenvalue weighted by molar-refractivity contribution is 5.94. The summed E-state index contributed by atoms with van der Waals surface area (Å²) in [7, 11) is 0. The highest BCUT2D eigenvalue weighted by atomic mass is 16.4. The molecule has 1 unspecified atom stereocenters. The van der Waals surface area contributed by atoms with Crippen molar-refractivity contribution in [1.82, 2.24) is 0 Å². The number of carboxylic acids is 1. The lowest BCUT2D eigenvalue weighted by molar-refractivity contribution is 0.0698. The van der Waals surface area contributed by atoms with Gasteiger partial charge >= 0.3 is 5.97 Å². The van der Waals surface area contributed by atoms with Gasteiger partial charge in [0.25, 0.3) is 0 Å². The van der Waals surface area contributed by atoms with Crippen molar-refractivity contribution < 1.29 is 14.3 Å². The third-order valence-electron chi connectivity index (χ3n) is 5.30. The summed E-state index contributed by atoms with van der Waals surface area (Å²) in [5.74, 6) is -0.498. The molecule has 156 valence electrons. The second-order valence-corrected chi connectivity index (χ2v) is 7.79. The van der Waals surface area contributed by atoms with Crippen molar-refractivity contribution in [3.63, 3.8) is 0 Å². The molecular formula is C26H23NO4. The molecule has 0 aliphatic rings. The van der Waals surface area contributed by atoms with Crippen molar-refractivity contribution in [2.24, 2.45) is 0 Å². The Balaban J connectivity index is 1.85. The van der Waals surface area contributed by atoms with E-state index >= 15 is 0 Å². The summed E-state index contributed by atoms with van der Waals surface area (Å²) in [6.45, 7) is 5.84. The number of fused-ring (bicyclic) bond motifs is 1. The van der Waals surface area contributed by atoms with Crippen LogP contribution in [0.3, 0.4) is 0 Å². The number of rotatable bonds is 5. The lowest BCUT2D eigenvalue weighted by Gasteiger charge is -2.19. The predicted molar refractivity (Wildman–Crippen MR) is 123 cm³/mol. The molecule has 2 N–H and O–H groups in total. The van der Waals surface area contributed by atoms with Gasteiger partial charge in [-0.1, -0.05) is 42.0 Å². The third kappa shape index (κ3) is 4.08. The van der Waals surface area contributed by atoms with E-state index in [9.17, 15) is 14.7 Å². The molecule has 0 aliphatic carbocycles. The second kappa shape index (κ2) is 8.11. The van der Waals surface area contributed by atoms with Crippen molar-refractivity contribution in [2.75, 3.05) is 5.32 Å². The lowest BCUT2D eigenvalue weighted by Crippen LogP contribution is -2.12. The summed E-state index contributed by atoms with van der Waals surface area (Å²) in [4.78, 5) is 24.5. The van der Waals surface area contributed by atoms with Crippen molar-refractivity contribution in [1.29, 1.82) is 0 Å². The highest BCUT2D eigenvalue weighted by Gasteiger charge is 2.18. The molecule has 1 aromatic heterocycles. The first-order valence-corrected chi connectivity index (χ1v) is 10.1. The number of aryl methyl sites for hydroxylation is 2. The highest BCUT2D eigenvalue weighted by Crippen LogP contribution is 2.31. The number of aromatic carboxylic acids is 1. The number of hydrogen-bond acceptors (Lipinski definition) is 4. The Kier molecular flexibility index (Phi) is 5.34. The number of nitrogens with one attached hydrogen (secondary N) is 1. The zero-order chi connectivity index (χ0) is 22.1. The summed E-state index contributed by atoms with van der Waals surface area (Å²) >= 11 is 0. The Labute approximate surface area is 180 Å². The van der Waals surface area contributed by atoms with E-state index in [-0.39, 0.29) is 17.0 Å². The Morgan fingerprint density at radius 3 is 2.48 bits per heavy atom. The molecule has 31 heavy (non-hydrogen) atoms. The smallest absolute Gasteiger partial charge is 0.337 e. The third-order valence-corrected chi connectivity index (χ3v) is 5.30. The SMILES string of the molecule is Cc1cccc(-c2cc(=O)c3cc(C)cc(C(C)Nc4ccccc4C(=O)O)c3o2)c1. The van der Waals surface area contributed by atoms with Crippen LogP contribution in [-0.2, 0) is 0 Å². The zero-order valence-electron chi connectivity index (χ0n) is 17.6. The molecule has 4 aromatic rings. The minimum absolute atomic E-state index is 0.110. The Morgan fingerprint density at radius 1 is 0.968 bits per heavy atom. The van der Waals surface area contributed by atoms with E-state index in [0.717, 1.165) is 22.3 Å². The van der Waals surface area contributed by atoms with E-state index in [1.807, 2.05) is 57.2 Å². The van der Waals surface area contributed by atoms with Crippen LogP contribution in [0.25, 0.3) is 22.3 Å². The van der Waals surface area contributed by atoms with E-state index in [4.69, 9.17) is 4.42 Å². The van der Waals surface area contributed by atoms with Crippen LogP contribution in [-0.4, -0.2) is 11.1 Å². The van der Waals surface area contributed by atoms with Crippen LogP contribution in [0.2, 0.25) is 0 Å². The maximum atomic E-state index is 12.9. The van der Waals surface area contributed by atoms with Crippen LogP contribution < -0.4 is 10.7 Å². The summed E-state index contributed by atoms with van der Waals surface area (Å²) in [6, 6.07) is 19.6. The van der Waals surface area contributed by atoms with E-state index in [0.29, 0.717) is 22.4 Å². The molecule has 4 rings (SSSR count). The molecule has 1 atom stereocenters. The number of carboxylic acid groups (broad SMARTS) is 1. The summed E-state index contributed by atoms with van der Waals surface area (Å²) < 4.78 is 6.25. The van der Waals surface area contributed by atoms with Gasteiger partial charge in [-0.3, -0.25) is 4.79 Å². The topological polar surface area (TPSA) is 79.5 Å². The molecule has 0 fully saturated rings. The van der Waals surface area contributed by atoms with Gasteiger partial charge in [0, 0.05) is 22.9 Å². The van der Waals surface area contributed by atoms with Gasteiger partial charge in [0.2, 0.25) is 0 Å². The summed E-state index contributed by atoms with van der Waals surface area (Å²) in [5, 5.41) is 13.3. The van der Waals surface area contributed by atoms with E-state index in [1.165, 1.54) is 6.07 Å². The average molecular weight is 413 g/mol. The molecule has 1 heterocycles. The average Bonchev–Trinajstić information content (AvgIpc) is 2.74. The van der Waals surface area contributed by atoms with Gasteiger partial charge in [-0.2, -0.15) is 0 Å². The van der Waals surface area contributed by atoms with E-state index < -0.39 is 5.97 Å². The molecule has 0 radical (unpaired) electrons. The number of benzene rings is 3. The molecule has 0 aliphatic heterocycles. The van der Waals surface area contributed by atoms with Crippen molar-refractivity contribution in [3.8, 4) is 11.3 Å². The fourth-order valence-corrected chi connectivity index (χ4v) is 3.80. The molecule has 0 spiro atoms. The number of carbonyl (C=O) groups is 1. The van der Waals surface area contributed by atoms with Gasteiger partial charge in [-0.15, -0.1) is 0 Å². The Bertz CT molecular complexity index is 1350. The number of anilines is 1. The minimum Gasteiger partial charge on any atom is -0.478 e. The molecular weight excluding hydrogens is 390 g/mol. The van der Waals surface area contributed by atoms with Crippen LogP contribution in [0.15, 0.2) is 75.9 Å². The first kappa shape index (κ1) is 20.4. The van der Waals surface area contributed by atoms with Gasteiger partial charge in [-0.25, -0.2) is 4.79 Å². The fraction of sp³-hybridized carbons (Fsp3) is 0.154. The molecule has 5 nitrogen and oxygen atoms in total. The maximum Gasteiger partial charge on any atom is 0.337 e. The van der Waals surface area contributed by atoms with Gasteiger partial charge in [-0.05, 0) is 50.6 Å². The fourth-order valence-electron chi connectivity index (χ4n) is 3.80.